The van der Waals surface area contributed by atoms with E-state index in [1.54, 1.807) is 0 Å². The molecule has 1 fully saturated rings. The zero-order valence-corrected chi connectivity index (χ0v) is 8.74. The fourth-order valence-electron chi connectivity index (χ4n) is 1.93. The van der Waals surface area contributed by atoms with Crippen LogP contribution in [0.4, 0.5) is 0 Å². The highest BCUT2D eigenvalue weighted by Gasteiger charge is 2.25. The molecule has 1 heterocycles. The van der Waals surface area contributed by atoms with Gasteiger partial charge in [-0.2, -0.15) is 0 Å². The molecule has 1 atom stereocenters. The van der Waals surface area contributed by atoms with Crippen molar-refractivity contribution in [2.45, 2.75) is 38.6 Å². The smallest absolute Gasteiger partial charge is 0.0303 e. The second-order valence-corrected chi connectivity index (χ2v) is 4.21. The second-order valence-electron chi connectivity index (χ2n) is 4.21. The molecule has 0 amide bonds. The molecule has 14 heavy (non-hydrogen) atoms. The highest BCUT2D eigenvalue weighted by Crippen LogP contribution is 2.37. The maximum Gasteiger partial charge on any atom is 0.0303 e. The molecule has 1 aliphatic rings. The average molecular weight is 190 g/mol. The minimum Gasteiger partial charge on any atom is -0.324 e. The molecule has 0 aliphatic heterocycles. The van der Waals surface area contributed by atoms with Crippen LogP contribution in [0.25, 0.3) is 0 Å². The molecule has 2 nitrogen and oxygen atoms in total. The summed E-state index contributed by atoms with van der Waals surface area (Å²) in [7, 11) is 0. The van der Waals surface area contributed by atoms with E-state index in [0.717, 1.165) is 18.8 Å². The predicted octanol–water partition coefficient (Wildman–Crippen LogP) is 2.44. The van der Waals surface area contributed by atoms with E-state index in [1.807, 2.05) is 12.4 Å². The highest BCUT2D eigenvalue weighted by molar-refractivity contribution is 5.26. The Morgan fingerprint density at radius 2 is 2.36 bits per heavy atom. The summed E-state index contributed by atoms with van der Waals surface area (Å²) in [6.07, 6.45) is 8.72. The summed E-state index contributed by atoms with van der Waals surface area (Å²) in [6.45, 7) is 2.16. The first-order valence-electron chi connectivity index (χ1n) is 5.49. The largest absolute Gasteiger partial charge is 0.324 e. The number of pyridine rings is 1. The lowest BCUT2D eigenvalue weighted by Gasteiger charge is -2.14. The van der Waals surface area contributed by atoms with Gasteiger partial charge >= 0.3 is 0 Å². The van der Waals surface area contributed by atoms with Crippen LogP contribution in [0.3, 0.4) is 0 Å². The van der Waals surface area contributed by atoms with Crippen LogP contribution in [-0.2, 0) is 6.42 Å². The Kier molecular flexibility index (Phi) is 2.82. The van der Waals surface area contributed by atoms with Crippen LogP contribution in [0, 0.1) is 5.92 Å². The first-order valence-corrected chi connectivity index (χ1v) is 5.49. The van der Waals surface area contributed by atoms with Crippen LogP contribution >= 0.6 is 0 Å². The van der Waals surface area contributed by atoms with Gasteiger partial charge in [-0.3, -0.25) is 4.98 Å². The van der Waals surface area contributed by atoms with Gasteiger partial charge in [-0.25, -0.2) is 0 Å². The van der Waals surface area contributed by atoms with E-state index < -0.39 is 0 Å². The highest BCUT2D eigenvalue weighted by atomic mass is 14.7. The third-order valence-corrected chi connectivity index (χ3v) is 3.01. The van der Waals surface area contributed by atoms with E-state index in [1.165, 1.54) is 24.0 Å². The van der Waals surface area contributed by atoms with Gasteiger partial charge in [-0.1, -0.05) is 19.8 Å². The second kappa shape index (κ2) is 4.09. The normalized spacial score (nSPS) is 18.1. The summed E-state index contributed by atoms with van der Waals surface area (Å²) in [5.41, 5.74) is 8.79. The molecule has 2 N–H and O–H groups in total. The predicted molar refractivity (Wildman–Crippen MR) is 57.9 cm³/mol. The van der Waals surface area contributed by atoms with Crippen molar-refractivity contribution in [2.75, 3.05) is 0 Å². The van der Waals surface area contributed by atoms with Crippen molar-refractivity contribution in [1.82, 2.24) is 4.98 Å². The number of hydrogen-bond donors (Lipinski definition) is 1. The van der Waals surface area contributed by atoms with Crippen molar-refractivity contribution in [1.29, 1.82) is 0 Å². The lowest BCUT2D eigenvalue weighted by molar-refractivity contribution is 0.592. The Hall–Kier alpha value is -0.890. The molecule has 0 spiro atoms. The number of hydrogen-bond acceptors (Lipinski definition) is 2. The molecule has 1 unspecified atom stereocenters. The van der Waals surface area contributed by atoms with Crippen LogP contribution in [0.2, 0.25) is 0 Å². The monoisotopic (exact) mass is 190 g/mol. The van der Waals surface area contributed by atoms with E-state index in [2.05, 4.69) is 18.0 Å². The molecule has 2 rings (SSSR count). The molecule has 1 aromatic rings. The molecule has 0 radical (unpaired) electrons. The molecule has 2 heteroatoms. The van der Waals surface area contributed by atoms with E-state index >= 15 is 0 Å². The molecule has 0 bridgehead atoms. The van der Waals surface area contributed by atoms with Crippen molar-refractivity contribution < 1.29 is 0 Å². The van der Waals surface area contributed by atoms with Gasteiger partial charge in [0.05, 0.1) is 0 Å². The van der Waals surface area contributed by atoms with Gasteiger partial charge in [0, 0.05) is 18.4 Å². The quantitative estimate of drug-likeness (QED) is 0.792. The van der Waals surface area contributed by atoms with E-state index in [9.17, 15) is 0 Å². The summed E-state index contributed by atoms with van der Waals surface area (Å²) in [5.74, 6) is 0.892. The van der Waals surface area contributed by atoms with E-state index in [0.29, 0.717) is 0 Å². The van der Waals surface area contributed by atoms with Gasteiger partial charge in [0.15, 0.2) is 0 Å². The van der Waals surface area contributed by atoms with Gasteiger partial charge in [0.2, 0.25) is 0 Å². The van der Waals surface area contributed by atoms with Crippen molar-refractivity contribution >= 4 is 0 Å². The molecule has 1 saturated carbocycles. The van der Waals surface area contributed by atoms with Gasteiger partial charge in [-0.15, -0.1) is 0 Å². The van der Waals surface area contributed by atoms with Crippen LogP contribution in [0.1, 0.15) is 43.4 Å². The maximum absolute atomic E-state index is 6.18. The van der Waals surface area contributed by atoms with Crippen molar-refractivity contribution in [3.8, 4) is 0 Å². The standard InChI is InChI=1S/C12H18N2/c1-2-10-8-14-6-5-11(10)12(13)7-9-3-4-9/h5-6,8-9,12H,2-4,7,13H2,1H3. The SMILES string of the molecule is CCc1cnccc1C(N)CC1CC1. The zero-order chi connectivity index (χ0) is 9.97. The number of rotatable bonds is 4. The minimum absolute atomic E-state index is 0.223. The van der Waals surface area contributed by atoms with Crippen molar-refractivity contribution in [3.63, 3.8) is 0 Å². The molecule has 1 aliphatic carbocycles. The first kappa shape index (κ1) is 9.66. The molecule has 0 aromatic carbocycles. The zero-order valence-electron chi connectivity index (χ0n) is 8.74. The molecule has 0 saturated heterocycles. The van der Waals surface area contributed by atoms with Crippen molar-refractivity contribution in [2.24, 2.45) is 11.7 Å². The summed E-state index contributed by atoms with van der Waals surface area (Å²) in [5, 5.41) is 0. The summed E-state index contributed by atoms with van der Waals surface area (Å²) < 4.78 is 0. The number of nitrogens with two attached hydrogens (primary N) is 1. The fraction of sp³-hybridized carbons (Fsp3) is 0.583. The first-order chi connectivity index (χ1) is 6.81. The Balaban J connectivity index is 2.11. The molecular weight excluding hydrogens is 172 g/mol. The third kappa shape index (κ3) is 2.13. The number of aryl methyl sites for hydroxylation is 1. The average Bonchev–Trinajstić information content (AvgIpc) is 3.01. The maximum atomic E-state index is 6.18. The van der Waals surface area contributed by atoms with E-state index in [-0.39, 0.29) is 6.04 Å². The molecular formula is C12H18N2. The lowest BCUT2D eigenvalue weighted by atomic mass is 9.97. The van der Waals surface area contributed by atoms with Gasteiger partial charge in [0.1, 0.15) is 0 Å². The Morgan fingerprint density at radius 1 is 1.57 bits per heavy atom. The topological polar surface area (TPSA) is 38.9 Å². The van der Waals surface area contributed by atoms with Crippen LogP contribution in [0.5, 0.6) is 0 Å². The van der Waals surface area contributed by atoms with Crippen molar-refractivity contribution in [3.05, 3.63) is 29.6 Å². The lowest BCUT2D eigenvalue weighted by Crippen LogP contribution is -2.13. The summed E-state index contributed by atoms with van der Waals surface area (Å²) >= 11 is 0. The van der Waals surface area contributed by atoms with Gasteiger partial charge < -0.3 is 5.73 Å². The Labute approximate surface area is 85.5 Å². The summed E-state index contributed by atoms with van der Waals surface area (Å²) in [4.78, 5) is 4.14. The van der Waals surface area contributed by atoms with Crippen LogP contribution in [0.15, 0.2) is 18.5 Å². The van der Waals surface area contributed by atoms with Crippen LogP contribution in [-0.4, -0.2) is 4.98 Å². The molecule has 76 valence electrons. The van der Waals surface area contributed by atoms with Gasteiger partial charge in [0.25, 0.3) is 0 Å². The van der Waals surface area contributed by atoms with E-state index in [4.69, 9.17) is 5.73 Å². The third-order valence-electron chi connectivity index (χ3n) is 3.01. The van der Waals surface area contributed by atoms with Crippen LogP contribution < -0.4 is 5.73 Å². The summed E-state index contributed by atoms with van der Waals surface area (Å²) in [6, 6.07) is 2.30. The number of aromatic nitrogens is 1. The molecule has 1 aromatic heterocycles. The number of nitrogens with zero attached hydrogens (tertiary/aromatic N) is 1. The Morgan fingerprint density at radius 3 is 3.00 bits per heavy atom. The van der Waals surface area contributed by atoms with Gasteiger partial charge in [-0.05, 0) is 36.0 Å². The minimum atomic E-state index is 0.223. The Bertz CT molecular complexity index is 305. The fourth-order valence-corrected chi connectivity index (χ4v) is 1.93.